The van der Waals surface area contributed by atoms with Gasteiger partial charge in [-0.1, -0.05) is 37.3 Å². The van der Waals surface area contributed by atoms with Gasteiger partial charge in [0.05, 0.1) is 18.4 Å². The first-order chi connectivity index (χ1) is 16.4. The number of carbonyl (C=O) groups excluding carboxylic acids is 3. The number of nitrogens with zero attached hydrogens (tertiary/aromatic N) is 1. The molecule has 1 atom stereocenters. The van der Waals surface area contributed by atoms with Crippen molar-refractivity contribution < 1.29 is 24.2 Å². The maximum absolute atomic E-state index is 12.6. The van der Waals surface area contributed by atoms with Gasteiger partial charge in [-0.15, -0.1) is 11.3 Å². The zero-order chi connectivity index (χ0) is 24.2. The lowest BCUT2D eigenvalue weighted by Crippen LogP contribution is -2.32. The third kappa shape index (κ3) is 4.79. The average molecular weight is 480 g/mol. The molecule has 3 N–H and O–H groups in total. The number of phenolic OH excluding ortho intramolecular Hbond substituents is 1. The molecule has 0 fully saturated rings. The minimum atomic E-state index is -0.995. The number of benzene rings is 2. The van der Waals surface area contributed by atoms with Gasteiger partial charge in [0.15, 0.2) is 0 Å². The molecule has 2 aromatic carbocycles. The van der Waals surface area contributed by atoms with E-state index in [-0.39, 0.29) is 12.4 Å². The van der Waals surface area contributed by atoms with Crippen LogP contribution < -0.4 is 10.7 Å². The number of hydrazone groups is 1. The van der Waals surface area contributed by atoms with Crippen LogP contribution in [0.2, 0.25) is 0 Å². The van der Waals surface area contributed by atoms with Crippen LogP contribution in [-0.4, -0.2) is 35.7 Å². The summed E-state index contributed by atoms with van der Waals surface area (Å²) in [7, 11) is 0. The Morgan fingerprint density at radius 2 is 2.00 bits per heavy atom. The first-order valence-corrected chi connectivity index (χ1v) is 11.9. The van der Waals surface area contributed by atoms with Crippen molar-refractivity contribution in [2.24, 2.45) is 11.0 Å². The smallest absolute Gasteiger partial charge is 0.341 e. The van der Waals surface area contributed by atoms with Crippen LogP contribution in [0.5, 0.6) is 5.75 Å². The Kier molecular flexibility index (Phi) is 6.93. The summed E-state index contributed by atoms with van der Waals surface area (Å²) >= 11 is 1.31. The molecule has 3 aromatic rings. The molecule has 1 aliphatic carbocycles. The van der Waals surface area contributed by atoms with Crippen LogP contribution in [-0.2, 0) is 27.2 Å². The maximum Gasteiger partial charge on any atom is 0.341 e. The zero-order valence-corrected chi connectivity index (χ0v) is 19.7. The SMILES string of the molecule is CCOC(=O)c1c(NC(=O)C(=O)N/N=C/c2c(O)ccc3ccccc23)sc2c1CCC(C)C2. The normalized spacial score (nSPS) is 15.2. The lowest BCUT2D eigenvalue weighted by atomic mass is 9.88. The number of ether oxygens (including phenoxy) is 1. The molecule has 1 unspecified atom stereocenters. The van der Waals surface area contributed by atoms with Crippen LogP contribution in [0, 0.1) is 5.92 Å². The van der Waals surface area contributed by atoms with Gasteiger partial charge in [0.1, 0.15) is 10.8 Å². The number of anilines is 1. The number of thiophene rings is 1. The second-order valence-corrected chi connectivity index (χ2v) is 9.25. The summed E-state index contributed by atoms with van der Waals surface area (Å²) in [5, 5.41) is 18.5. The minimum absolute atomic E-state index is 0.00127. The molecular formula is C25H25N3O5S. The van der Waals surface area contributed by atoms with E-state index in [1.807, 2.05) is 24.3 Å². The van der Waals surface area contributed by atoms with Crippen molar-refractivity contribution in [1.29, 1.82) is 0 Å². The van der Waals surface area contributed by atoms with Crippen molar-refractivity contribution in [3.8, 4) is 5.75 Å². The van der Waals surface area contributed by atoms with Gasteiger partial charge in [0, 0.05) is 10.4 Å². The molecule has 4 rings (SSSR count). The molecule has 176 valence electrons. The molecule has 1 heterocycles. The summed E-state index contributed by atoms with van der Waals surface area (Å²) in [6, 6.07) is 10.7. The van der Waals surface area contributed by atoms with Crippen LogP contribution in [0.1, 0.15) is 46.6 Å². The summed E-state index contributed by atoms with van der Waals surface area (Å²) in [4.78, 5) is 38.5. The number of hydrogen-bond acceptors (Lipinski definition) is 7. The number of nitrogens with one attached hydrogen (secondary N) is 2. The van der Waals surface area contributed by atoms with E-state index in [0.29, 0.717) is 22.0 Å². The summed E-state index contributed by atoms with van der Waals surface area (Å²) in [5.74, 6) is -1.97. The molecule has 1 aliphatic rings. The van der Waals surface area contributed by atoms with Gasteiger partial charge >= 0.3 is 17.8 Å². The van der Waals surface area contributed by atoms with E-state index < -0.39 is 17.8 Å². The predicted octanol–water partition coefficient (Wildman–Crippen LogP) is 4.00. The van der Waals surface area contributed by atoms with E-state index in [2.05, 4.69) is 22.8 Å². The van der Waals surface area contributed by atoms with E-state index >= 15 is 0 Å². The fraction of sp³-hybridized carbons (Fsp3) is 0.280. The van der Waals surface area contributed by atoms with E-state index in [1.165, 1.54) is 23.6 Å². The fourth-order valence-electron chi connectivity index (χ4n) is 4.04. The van der Waals surface area contributed by atoms with Crippen molar-refractivity contribution >= 4 is 51.1 Å². The predicted molar refractivity (Wildman–Crippen MR) is 131 cm³/mol. The highest BCUT2D eigenvalue weighted by Crippen LogP contribution is 2.40. The number of aromatic hydroxyl groups is 1. The Balaban J connectivity index is 1.50. The quantitative estimate of drug-likeness (QED) is 0.221. The number of fused-ring (bicyclic) bond motifs is 2. The number of rotatable bonds is 5. The molecule has 8 nitrogen and oxygen atoms in total. The molecular weight excluding hydrogens is 454 g/mol. The standard InChI is InChI=1S/C25H25N3O5S/c1-3-33-25(32)21-17-10-8-14(2)12-20(17)34-24(21)27-22(30)23(31)28-26-13-18-16-7-5-4-6-15(16)9-11-19(18)29/h4-7,9,11,13-14,29H,3,8,10,12H2,1-2H3,(H,27,30)(H,28,31)/b26-13+. The van der Waals surface area contributed by atoms with Crippen LogP contribution in [0.3, 0.4) is 0 Å². The van der Waals surface area contributed by atoms with Gasteiger partial charge in [-0.2, -0.15) is 5.10 Å². The van der Waals surface area contributed by atoms with Gasteiger partial charge in [-0.25, -0.2) is 10.2 Å². The number of amides is 2. The number of phenols is 1. The minimum Gasteiger partial charge on any atom is -0.507 e. The Hall–Kier alpha value is -3.72. The van der Waals surface area contributed by atoms with Crippen molar-refractivity contribution in [3.05, 3.63) is 58.0 Å². The second-order valence-electron chi connectivity index (χ2n) is 8.15. The van der Waals surface area contributed by atoms with Crippen molar-refractivity contribution in [2.75, 3.05) is 11.9 Å². The lowest BCUT2D eigenvalue weighted by molar-refractivity contribution is -0.136. The Bertz CT molecular complexity index is 1300. The van der Waals surface area contributed by atoms with Crippen LogP contribution in [0.4, 0.5) is 5.00 Å². The Morgan fingerprint density at radius 1 is 1.21 bits per heavy atom. The highest BCUT2D eigenvalue weighted by atomic mass is 32.1. The van der Waals surface area contributed by atoms with Crippen LogP contribution in [0.25, 0.3) is 10.8 Å². The summed E-state index contributed by atoms with van der Waals surface area (Å²) in [5.41, 5.74) is 3.82. The highest BCUT2D eigenvalue weighted by Gasteiger charge is 2.30. The molecule has 34 heavy (non-hydrogen) atoms. The van der Waals surface area contributed by atoms with Gasteiger partial charge < -0.3 is 15.2 Å². The fourth-order valence-corrected chi connectivity index (χ4v) is 5.44. The Labute approximate surface area is 200 Å². The third-order valence-corrected chi connectivity index (χ3v) is 6.90. The van der Waals surface area contributed by atoms with Crippen LogP contribution in [0.15, 0.2) is 41.5 Å². The van der Waals surface area contributed by atoms with Gasteiger partial charge in [0.2, 0.25) is 0 Å². The first-order valence-electron chi connectivity index (χ1n) is 11.1. The average Bonchev–Trinajstić information content (AvgIpc) is 3.17. The topological polar surface area (TPSA) is 117 Å². The third-order valence-electron chi connectivity index (χ3n) is 5.73. The second kappa shape index (κ2) is 10.0. The summed E-state index contributed by atoms with van der Waals surface area (Å²) < 4.78 is 5.19. The number of carbonyl (C=O) groups is 3. The van der Waals surface area contributed by atoms with E-state index in [0.717, 1.165) is 40.5 Å². The lowest BCUT2D eigenvalue weighted by Gasteiger charge is -2.18. The molecule has 9 heteroatoms. The largest absolute Gasteiger partial charge is 0.507 e. The molecule has 0 radical (unpaired) electrons. The number of esters is 1. The molecule has 0 spiro atoms. The molecule has 0 aliphatic heterocycles. The molecule has 2 amide bonds. The van der Waals surface area contributed by atoms with E-state index in [9.17, 15) is 19.5 Å². The molecule has 1 aromatic heterocycles. The zero-order valence-electron chi connectivity index (χ0n) is 18.9. The van der Waals surface area contributed by atoms with E-state index in [4.69, 9.17) is 4.74 Å². The monoisotopic (exact) mass is 479 g/mol. The molecule has 0 saturated heterocycles. The van der Waals surface area contributed by atoms with Crippen molar-refractivity contribution in [1.82, 2.24) is 5.43 Å². The van der Waals surface area contributed by atoms with Gasteiger partial charge in [0.25, 0.3) is 0 Å². The van der Waals surface area contributed by atoms with Gasteiger partial charge in [-0.3, -0.25) is 9.59 Å². The van der Waals surface area contributed by atoms with Crippen molar-refractivity contribution in [2.45, 2.75) is 33.1 Å². The van der Waals surface area contributed by atoms with E-state index in [1.54, 1.807) is 13.0 Å². The molecule has 0 saturated carbocycles. The van der Waals surface area contributed by atoms with Gasteiger partial charge in [-0.05, 0) is 54.5 Å². The molecule has 0 bridgehead atoms. The summed E-state index contributed by atoms with van der Waals surface area (Å²) in [6.45, 7) is 4.07. The Morgan fingerprint density at radius 3 is 2.79 bits per heavy atom. The van der Waals surface area contributed by atoms with Crippen molar-refractivity contribution in [3.63, 3.8) is 0 Å². The maximum atomic E-state index is 12.6. The number of hydrogen-bond donors (Lipinski definition) is 3. The first kappa shape index (κ1) is 23.4. The summed E-state index contributed by atoms with van der Waals surface area (Å²) in [6.07, 6.45) is 3.77. The highest BCUT2D eigenvalue weighted by molar-refractivity contribution is 7.17. The van der Waals surface area contributed by atoms with Crippen LogP contribution >= 0.6 is 11.3 Å².